The minimum Gasteiger partial charge on any atom is -0.478 e. The lowest BCUT2D eigenvalue weighted by atomic mass is 10.1. The maximum absolute atomic E-state index is 11.9. The maximum Gasteiger partial charge on any atom is 0.338 e. The number of halogens is 1. The average Bonchev–Trinajstić information content (AvgIpc) is 2.92. The highest BCUT2D eigenvalue weighted by molar-refractivity contribution is 9.10. The number of thiophene rings is 2. The van der Waals surface area contributed by atoms with Crippen molar-refractivity contribution in [2.45, 2.75) is 20.4 Å². The average molecular weight is 389 g/mol. The number of hydrogen-bond donors (Lipinski definition) is 3. The van der Waals surface area contributed by atoms with Crippen LogP contribution in [-0.2, 0) is 6.54 Å². The first-order valence-corrected chi connectivity index (χ1v) is 8.48. The van der Waals surface area contributed by atoms with Gasteiger partial charge in [0.2, 0.25) is 0 Å². The fraction of sp³-hybridized carbons (Fsp3) is 0.231. The van der Waals surface area contributed by atoms with Crippen LogP contribution in [0.3, 0.4) is 0 Å². The van der Waals surface area contributed by atoms with Gasteiger partial charge in [-0.1, -0.05) is 0 Å². The van der Waals surface area contributed by atoms with E-state index in [1.54, 1.807) is 6.92 Å². The third-order valence-electron chi connectivity index (χ3n) is 2.87. The van der Waals surface area contributed by atoms with Gasteiger partial charge >= 0.3 is 12.0 Å². The Balaban J connectivity index is 2.03. The second-order valence-electron chi connectivity index (χ2n) is 4.33. The van der Waals surface area contributed by atoms with Crippen LogP contribution in [0.5, 0.6) is 0 Å². The van der Waals surface area contributed by atoms with E-state index in [1.165, 1.54) is 22.7 Å². The second-order valence-corrected chi connectivity index (χ2v) is 7.47. The predicted octanol–water partition coefficient (Wildman–Crippen LogP) is 4.21. The van der Waals surface area contributed by atoms with Crippen LogP contribution in [0.25, 0.3) is 0 Å². The third kappa shape index (κ3) is 3.84. The molecule has 2 aromatic rings. The van der Waals surface area contributed by atoms with Crippen LogP contribution < -0.4 is 10.6 Å². The Morgan fingerprint density at radius 3 is 2.67 bits per heavy atom. The number of carbonyl (C=O) groups excluding carboxylic acids is 1. The first-order valence-electron chi connectivity index (χ1n) is 5.99. The van der Waals surface area contributed by atoms with Gasteiger partial charge in [-0.3, -0.25) is 5.32 Å². The number of urea groups is 1. The van der Waals surface area contributed by atoms with Gasteiger partial charge in [-0.15, -0.1) is 22.7 Å². The summed E-state index contributed by atoms with van der Waals surface area (Å²) in [5, 5.41) is 16.8. The number of carboxylic acids is 1. The van der Waals surface area contributed by atoms with Crippen LogP contribution >= 0.6 is 38.6 Å². The highest BCUT2D eigenvalue weighted by Crippen LogP contribution is 2.32. The summed E-state index contributed by atoms with van der Waals surface area (Å²) in [5.74, 6) is -1.03. The second kappa shape index (κ2) is 6.59. The van der Waals surface area contributed by atoms with Gasteiger partial charge in [0, 0.05) is 19.6 Å². The molecule has 112 valence electrons. The molecule has 0 aliphatic heterocycles. The zero-order valence-electron chi connectivity index (χ0n) is 11.3. The number of anilines is 1. The number of rotatable bonds is 4. The molecule has 0 saturated carbocycles. The molecule has 3 N–H and O–H groups in total. The van der Waals surface area contributed by atoms with Gasteiger partial charge in [0.25, 0.3) is 0 Å². The monoisotopic (exact) mass is 388 g/mol. The van der Waals surface area contributed by atoms with Gasteiger partial charge in [0.05, 0.1) is 12.1 Å². The number of nitrogens with one attached hydrogen (secondary N) is 2. The number of carbonyl (C=O) groups is 2. The topological polar surface area (TPSA) is 78.4 Å². The van der Waals surface area contributed by atoms with Crippen LogP contribution in [0.2, 0.25) is 0 Å². The van der Waals surface area contributed by atoms with Gasteiger partial charge in [-0.25, -0.2) is 9.59 Å². The lowest BCUT2D eigenvalue weighted by molar-refractivity contribution is 0.0697. The van der Waals surface area contributed by atoms with Crippen LogP contribution in [0, 0.1) is 13.8 Å². The molecule has 0 bridgehead atoms. The number of aromatic carboxylic acids is 1. The predicted molar refractivity (Wildman–Crippen MR) is 88.6 cm³/mol. The Morgan fingerprint density at radius 1 is 1.38 bits per heavy atom. The Morgan fingerprint density at radius 2 is 2.10 bits per heavy atom. The van der Waals surface area contributed by atoms with Crippen molar-refractivity contribution in [2.75, 3.05) is 5.32 Å². The van der Waals surface area contributed by atoms with E-state index in [2.05, 4.69) is 26.6 Å². The van der Waals surface area contributed by atoms with Crippen LogP contribution in [0.15, 0.2) is 15.9 Å². The molecule has 0 spiro atoms. The Bertz CT molecular complexity index is 694. The highest BCUT2D eigenvalue weighted by Gasteiger charge is 2.20. The fourth-order valence-corrected chi connectivity index (χ4v) is 4.17. The van der Waals surface area contributed by atoms with Crippen molar-refractivity contribution in [1.82, 2.24) is 5.32 Å². The summed E-state index contributed by atoms with van der Waals surface area (Å²) in [4.78, 5) is 25.0. The van der Waals surface area contributed by atoms with Crippen molar-refractivity contribution in [3.8, 4) is 0 Å². The maximum atomic E-state index is 11.9. The summed E-state index contributed by atoms with van der Waals surface area (Å²) in [7, 11) is 0. The molecule has 5 nitrogen and oxygen atoms in total. The number of amides is 2. The molecular formula is C13H13BrN2O3S2. The van der Waals surface area contributed by atoms with E-state index in [4.69, 9.17) is 0 Å². The zero-order chi connectivity index (χ0) is 15.6. The van der Waals surface area contributed by atoms with Gasteiger partial charge in [0.15, 0.2) is 0 Å². The molecule has 8 heteroatoms. The molecule has 0 fully saturated rings. The molecule has 0 aliphatic carbocycles. The SMILES string of the molecule is Cc1sc(NC(=O)NCc2cc(Br)cs2)c(C(=O)O)c1C. The Hall–Kier alpha value is -1.38. The smallest absolute Gasteiger partial charge is 0.338 e. The van der Waals surface area contributed by atoms with Crippen molar-refractivity contribution in [3.05, 3.63) is 36.8 Å². The molecule has 2 aromatic heterocycles. The molecular weight excluding hydrogens is 376 g/mol. The highest BCUT2D eigenvalue weighted by atomic mass is 79.9. The summed E-state index contributed by atoms with van der Waals surface area (Å²) >= 11 is 6.14. The van der Waals surface area contributed by atoms with E-state index >= 15 is 0 Å². The minimum atomic E-state index is -1.03. The normalized spacial score (nSPS) is 10.4. The van der Waals surface area contributed by atoms with E-state index in [0.717, 1.165) is 14.2 Å². The van der Waals surface area contributed by atoms with E-state index in [-0.39, 0.29) is 5.56 Å². The van der Waals surface area contributed by atoms with Crippen molar-refractivity contribution >= 4 is 55.6 Å². The van der Waals surface area contributed by atoms with Crippen LogP contribution in [0.1, 0.15) is 25.7 Å². The molecule has 2 rings (SSSR count). The molecule has 0 unspecified atom stereocenters. The molecule has 0 aliphatic rings. The largest absolute Gasteiger partial charge is 0.478 e. The van der Waals surface area contributed by atoms with Crippen molar-refractivity contribution in [1.29, 1.82) is 0 Å². The standard InChI is InChI=1S/C13H13BrN2O3S2/c1-6-7(2)21-11(10(6)12(17)18)16-13(19)15-4-9-3-8(14)5-20-9/h3,5H,4H2,1-2H3,(H,17,18)(H2,15,16,19). The summed E-state index contributed by atoms with van der Waals surface area (Å²) < 4.78 is 0.974. The van der Waals surface area contributed by atoms with E-state index < -0.39 is 12.0 Å². The van der Waals surface area contributed by atoms with Gasteiger partial charge in [-0.2, -0.15) is 0 Å². The minimum absolute atomic E-state index is 0.159. The summed E-state index contributed by atoms with van der Waals surface area (Å²) in [6.45, 7) is 3.97. The lowest BCUT2D eigenvalue weighted by Gasteiger charge is -2.06. The van der Waals surface area contributed by atoms with Crippen LogP contribution in [-0.4, -0.2) is 17.1 Å². The van der Waals surface area contributed by atoms with E-state index in [0.29, 0.717) is 17.1 Å². The van der Waals surface area contributed by atoms with Crippen LogP contribution in [0.4, 0.5) is 9.80 Å². The van der Waals surface area contributed by atoms with Gasteiger partial charge < -0.3 is 10.4 Å². The summed E-state index contributed by atoms with van der Waals surface area (Å²) in [5.41, 5.74) is 0.844. The molecule has 0 aromatic carbocycles. The Kier molecular flexibility index (Phi) is 5.02. The molecule has 0 atom stereocenters. The van der Waals surface area contributed by atoms with Gasteiger partial charge in [0.1, 0.15) is 5.00 Å². The fourth-order valence-electron chi connectivity index (χ4n) is 1.73. The molecule has 21 heavy (non-hydrogen) atoms. The van der Waals surface area contributed by atoms with E-state index in [1.807, 2.05) is 18.4 Å². The number of aryl methyl sites for hydroxylation is 1. The Labute approximate surface area is 138 Å². The zero-order valence-corrected chi connectivity index (χ0v) is 14.5. The van der Waals surface area contributed by atoms with Crippen molar-refractivity contribution in [3.63, 3.8) is 0 Å². The lowest BCUT2D eigenvalue weighted by Crippen LogP contribution is -2.28. The third-order valence-corrected chi connectivity index (χ3v) is 5.69. The summed E-state index contributed by atoms with van der Waals surface area (Å²) in [6, 6.07) is 1.51. The summed E-state index contributed by atoms with van der Waals surface area (Å²) in [6.07, 6.45) is 0. The number of carboxylic acid groups (broad SMARTS) is 1. The molecule has 2 amide bonds. The van der Waals surface area contributed by atoms with Gasteiger partial charge in [-0.05, 0) is 41.4 Å². The van der Waals surface area contributed by atoms with Crippen molar-refractivity contribution < 1.29 is 14.7 Å². The molecule has 0 radical (unpaired) electrons. The molecule has 2 heterocycles. The van der Waals surface area contributed by atoms with Crippen molar-refractivity contribution in [2.24, 2.45) is 0 Å². The number of hydrogen-bond acceptors (Lipinski definition) is 4. The molecule has 0 saturated heterocycles. The quantitative estimate of drug-likeness (QED) is 0.733. The van der Waals surface area contributed by atoms with E-state index in [9.17, 15) is 14.7 Å². The first-order chi connectivity index (χ1) is 9.88. The first kappa shape index (κ1) is 16.0.